The van der Waals surface area contributed by atoms with Gasteiger partial charge in [-0.1, -0.05) is 0 Å². The van der Waals surface area contributed by atoms with E-state index in [1.54, 1.807) is 14.0 Å². The number of thiophene rings is 1. The summed E-state index contributed by atoms with van der Waals surface area (Å²) in [7, 11) is 8.65. The maximum atomic E-state index is 12.4. The highest BCUT2D eigenvalue weighted by atomic mass is 32.1. The minimum atomic E-state index is -0.472. The van der Waals surface area contributed by atoms with Gasteiger partial charge in [-0.25, -0.2) is 4.79 Å². The zero-order valence-corrected chi connectivity index (χ0v) is 12.2. The molecular weight excluding hydrogens is 279 g/mol. The lowest BCUT2D eigenvalue weighted by molar-refractivity contribution is -0.140. The van der Waals surface area contributed by atoms with Crippen LogP contribution in [-0.4, -0.2) is 30.1 Å². The minimum Gasteiger partial charge on any atom is -0.469 e. The van der Waals surface area contributed by atoms with Crippen LogP contribution in [0.1, 0.15) is 12.0 Å². The molecule has 20 heavy (non-hydrogen) atoms. The SMILES string of the molecule is [B]c1sc2c(c1C)c(=O)n(CCC(=O)OC)c(=O)n2C. The van der Waals surface area contributed by atoms with Crippen molar-refractivity contribution in [2.24, 2.45) is 7.05 Å². The van der Waals surface area contributed by atoms with E-state index in [0.29, 0.717) is 20.6 Å². The Hall–Kier alpha value is -1.83. The van der Waals surface area contributed by atoms with Crippen LogP contribution in [0.25, 0.3) is 10.2 Å². The van der Waals surface area contributed by atoms with Crippen molar-refractivity contribution in [2.75, 3.05) is 7.11 Å². The van der Waals surface area contributed by atoms with E-state index in [0.717, 1.165) is 4.57 Å². The van der Waals surface area contributed by atoms with Gasteiger partial charge in [-0.2, -0.15) is 0 Å². The number of hydrogen-bond acceptors (Lipinski definition) is 5. The van der Waals surface area contributed by atoms with E-state index < -0.39 is 17.2 Å². The number of esters is 1. The molecule has 0 aliphatic rings. The molecule has 0 fully saturated rings. The molecule has 0 aliphatic carbocycles. The lowest BCUT2D eigenvalue weighted by Crippen LogP contribution is -2.39. The Morgan fingerprint density at radius 1 is 1.40 bits per heavy atom. The largest absolute Gasteiger partial charge is 0.469 e. The summed E-state index contributed by atoms with van der Waals surface area (Å²) in [5.74, 6) is -0.472. The van der Waals surface area contributed by atoms with Gasteiger partial charge >= 0.3 is 11.7 Å². The molecule has 2 aromatic rings. The Morgan fingerprint density at radius 2 is 2.05 bits per heavy atom. The number of carbonyl (C=O) groups is 1. The predicted octanol–water partition coefficient (Wildman–Crippen LogP) is -0.573. The van der Waals surface area contributed by atoms with Crippen LogP contribution in [0.5, 0.6) is 0 Å². The summed E-state index contributed by atoms with van der Waals surface area (Å²) in [5, 5.41) is 0.430. The fraction of sp³-hybridized carbons (Fsp3) is 0.417. The van der Waals surface area contributed by atoms with Crippen molar-refractivity contribution >= 4 is 40.1 Å². The molecule has 6 nitrogen and oxygen atoms in total. The van der Waals surface area contributed by atoms with Crippen LogP contribution in [0.3, 0.4) is 0 Å². The highest BCUT2D eigenvalue weighted by Crippen LogP contribution is 2.17. The molecule has 8 heteroatoms. The molecule has 2 rings (SSSR count). The van der Waals surface area contributed by atoms with Gasteiger partial charge in [0.25, 0.3) is 5.56 Å². The Kier molecular flexibility index (Phi) is 3.85. The number of aryl methyl sites for hydroxylation is 2. The lowest BCUT2D eigenvalue weighted by Gasteiger charge is -2.08. The third-order valence-electron chi connectivity index (χ3n) is 3.21. The summed E-state index contributed by atoms with van der Waals surface area (Å²) >= 11 is 1.21. The number of aromatic nitrogens is 2. The highest BCUT2D eigenvalue weighted by molar-refractivity contribution is 7.26. The Bertz CT molecular complexity index is 802. The number of rotatable bonds is 3. The quantitative estimate of drug-likeness (QED) is 0.561. The average molecular weight is 292 g/mol. The van der Waals surface area contributed by atoms with Crippen molar-refractivity contribution in [3.05, 3.63) is 26.4 Å². The molecule has 0 saturated heterocycles. The number of carbonyl (C=O) groups excluding carboxylic acids is 1. The van der Waals surface area contributed by atoms with E-state index in [1.807, 2.05) is 0 Å². The van der Waals surface area contributed by atoms with E-state index in [9.17, 15) is 14.4 Å². The van der Waals surface area contributed by atoms with Crippen molar-refractivity contribution < 1.29 is 9.53 Å². The molecule has 0 atom stereocenters. The van der Waals surface area contributed by atoms with Crippen LogP contribution in [0.15, 0.2) is 9.59 Å². The van der Waals surface area contributed by atoms with Gasteiger partial charge in [0.2, 0.25) is 0 Å². The van der Waals surface area contributed by atoms with Gasteiger partial charge in [-0.3, -0.25) is 18.7 Å². The van der Waals surface area contributed by atoms with Crippen LogP contribution in [0, 0.1) is 6.92 Å². The second-order valence-electron chi connectivity index (χ2n) is 4.40. The normalized spacial score (nSPS) is 10.9. The molecule has 0 unspecified atom stereocenters. The second-order valence-corrected chi connectivity index (χ2v) is 5.43. The smallest absolute Gasteiger partial charge is 0.331 e. The maximum absolute atomic E-state index is 12.4. The molecule has 0 spiro atoms. The molecule has 0 aromatic carbocycles. The third-order valence-corrected chi connectivity index (χ3v) is 4.41. The Labute approximate surface area is 120 Å². The second kappa shape index (κ2) is 5.28. The van der Waals surface area contributed by atoms with Crippen LogP contribution in [0.4, 0.5) is 0 Å². The lowest BCUT2D eigenvalue weighted by atomic mass is 10.0. The van der Waals surface area contributed by atoms with Crippen molar-refractivity contribution in [1.82, 2.24) is 9.13 Å². The van der Waals surface area contributed by atoms with Crippen LogP contribution in [0.2, 0.25) is 0 Å². The molecule has 0 bridgehead atoms. The molecule has 0 saturated carbocycles. The first kappa shape index (κ1) is 14.6. The van der Waals surface area contributed by atoms with E-state index >= 15 is 0 Å². The van der Waals surface area contributed by atoms with Crippen molar-refractivity contribution in [3.63, 3.8) is 0 Å². The first-order chi connectivity index (χ1) is 9.38. The van der Waals surface area contributed by atoms with E-state index in [2.05, 4.69) is 4.74 Å². The van der Waals surface area contributed by atoms with Crippen LogP contribution in [-0.2, 0) is 23.1 Å². The topological polar surface area (TPSA) is 70.3 Å². The summed E-state index contributed by atoms with van der Waals surface area (Å²) in [4.78, 5) is 36.3. The van der Waals surface area contributed by atoms with Gasteiger partial charge in [0.05, 0.1) is 18.9 Å². The molecule has 0 aliphatic heterocycles. The van der Waals surface area contributed by atoms with E-state index in [1.165, 1.54) is 23.0 Å². The molecule has 2 aromatic heterocycles. The monoisotopic (exact) mass is 292 g/mol. The number of nitrogens with zero attached hydrogens (tertiary/aromatic N) is 2. The fourth-order valence-electron chi connectivity index (χ4n) is 2.00. The highest BCUT2D eigenvalue weighted by Gasteiger charge is 2.16. The predicted molar refractivity (Wildman–Crippen MR) is 78.1 cm³/mol. The number of methoxy groups -OCH3 is 1. The van der Waals surface area contributed by atoms with Gasteiger partial charge in [-0.15, -0.1) is 11.3 Å². The minimum absolute atomic E-state index is 0.0106. The third kappa shape index (κ3) is 2.20. The maximum Gasteiger partial charge on any atom is 0.331 e. The first-order valence-corrected chi connectivity index (χ1v) is 6.75. The van der Waals surface area contributed by atoms with Crippen molar-refractivity contribution in [1.29, 1.82) is 0 Å². The Balaban J connectivity index is 2.67. The number of ether oxygens (including phenoxy) is 1. The zero-order chi connectivity index (χ0) is 15.0. The summed E-state index contributed by atoms with van der Waals surface area (Å²) in [6.45, 7) is 1.73. The molecule has 0 N–H and O–H groups in total. The summed E-state index contributed by atoms with van der Waals surface area (Å²) in [6, 6.07) is 0. The zero-order valence-electron chi connectivity index (χ0n) is 11.4. The van der Waals surface area contributed by atoms with Crippen molar-refractivity contribution in [2.45, 2.75) is 19.9 Å². The van der Waals surface area contributed by atoms with Gasteiger partial charge in [0, 0.05) is 13.6 Å². The van der Waals surface area contributed by atoms with Gasteiger partial charge in [-0.05, 0) is 17.3 Å². The van der Waals surface area contributed by atoms with E-state index in [4.69, 9.17) is 7.85 Å². The first-order valence-electron chi connectivity index (χ1n) is 5.93. The molecule has 2 radical (unpaired) electrons. The number of hydrogen-bond donors (Lipinski definition) is 0. The van der Waals surface area contributed by atoms with Gasteiger partial charge in [0.1, 0.15) is 12.7 Å². The average Bonchev–Trinajstić information content (AvgIpc) is 2.72. The fourth-order valence-corrected chi connectivity index (χ4v) is 3.02. The van der Waals surface area contributed by atoms with Crippen molar-refractivity contribution in [3.8, 4) is 0 Å². The van der Waals surface area contributed by atoms with E-state index in [-0.39, 0.29) is 13.0 Å². The van der Waals surface area contributed by atoms with Gasteiger partial charge < -0.3 is 4.74 Å². The number of fused-ring (bicyclic) bond motifs is 1. The standard InChI is InChI=1S/C12H13BN2O4S/c1-6-8-10(17)15(5-4-7(16)19-3)12(18)14(2)11(8)20-9(6)13/h4-5H2,1-3H3. The summed E-state index contributed by atoms with van der Waals surface area (Å²) < 4.78 is 7.45. The van der Waals surface area contributed by atoms with Crippen LogP contribution >= 0.6 is 11.3 Å². The summed E-state index contributed by atoms with van der Waals surface area (Å²) in [5.41, 5.74) is -0.220. The summed E-state index contributed by atoms with van der Waals surface area (Å²) in [6.07, 6.45) is -0.0319. The molecule has 0 amide bonds. The Morgan fingerprint density at radius 3 is 2.65 bits per heavy atom. The molecular formula is C12H13BN2O4S. The molecule has 104 valence electrons. The van der Waals surface area contributed by atoms with Gasteiger partial charge in [0.15, 0.2) is 0 Å². The van der Waals surface area contributed by atoms with Crippen LogP contribution < -0.4 is 16.0 Å². The molecule has 2 heterocycles.